The van der Waals surface area contributed by atoms with Gasteiger partial charge in [0.2, 0.25) is 5.91 Å². The lowest BCUT2D eigenvalue weighted by atomic mass is 10.2. The van der Waals surface area contributed by atoms with E-state index in [-0.39, 0.29) is 11.8 Å². The molecule has 3 heteroatoms. The summed E-state index contributed by atoms with van der Waals surface area (Å²) in [6.07, 6.45) is 3.42. The number of carbonyl (C=O) groups excluding carboxylic acids is 1. The largest absolute Gasteiger partial charge is 0.353 e. The van der Waals surface area contributed by atoms with Gasteiger partial charge in [0, 0.05) is 22.8 Å². The Morgan fingerprint density at radius 2 is 2.36 bits per heavy atom. The smallest absolute Gasteiger partial charge is 0.223 e. The Bertz CT molecular complexity index is 342. The molecule has 1 aromatic heterocycles. The summed E-state index contributed by atoms with van der Waals surface area (Å²) in [5.74, 6) is 1.08. The van der Waals surface area contributed by atoms with Crippen LogP contribution in [0.1, 0.15) is 30.1 Å². The maximum Gasteiger partial charge on any atom is 0.223 e. The van der Waals surface area contributed by atoms with Crippen molar-refractivity contribution in [3.63, 3.8) is 0 Å². The molecule has 0 aromatic carbocycles. The van der Waals surface area contributed by atoms with E-state index in [1.54, 1.807) is 11.3 Å². The number of amides is 1. The van der Waals surface area contributed by atoms with Crippen molar-refractivity contribution in [1.29, 1.82) is 0 Å². The van der Waals surface area contributed by atoms with Gasteiger partial charge in [-0.15, -0.1) is 11.3 Å². The van der Waals surface area contributed by atoms with Crippen LogP contribution in [0.2, 0.25) is 0 Å². The maximum atomic E-state index is 11.7. The molecular weight excluding hydrogens is 194 g/mol. The highest BCUT2D eigenvalue weighted by Gasteiger charge is 2.45. The van der Waals surface area contributed by atoms with Gasteiger partial charge in [0.05, 0.1) is 0 Å². The first-order valence-corrected chi connectivity index (χ1v) is 6.06. The molecule has 0 spiro atoms. The molecule has 2 aliphatic rings. The van der Waals surface area contributed by atoms with Crippen LogP contribution in [-0.2, 0) is 4.79 Å². The molecule has 74 valence electrons. The minimum Gasteiger partial charge on any atom is -0.353 e. The van der Waals surface area contributed by atoms with E-state index in [0.717, 1.165) is 6.42 Å². The van der Waals surface area contributed by atoms with Crippen molar-refractivity contribution in [2.24, 2.45) is 5.92 Å². The third-order valence-corrected chi connectivity index (χ3v) is 3.96. The van der Waals surface area contributed by atoms with Crippen molar-refractivity contribution in [1.82, 2.24) is 5.32 Å². The second-order valence-corrected chi connectivity index (χ2v) is 5.23. The quantitative estimate of drug-likeness (QED) is 0.808. The summed E-state index contributed by atoms with van der Waals surface area (Å²) in [7, 11) is 0. The van der Waals surface area contributed by atoms with Crippen LogP contribution >= 0.6 is 11.3 Å². The highest BCUT2D eigenvalue weighted by Crippen LogP contribution is 2.49. The summed E-state index contributed by atoms with van der Waals surface area (Å²) in [4.78, 5) is 13.0. The molecule has 0 aliphatic heterocycles. The van der Waals surface area contributed by atoms with Crippen molar-refractivity contribution in [2.75, 3.05) is 0 Å². The van der Waals surface area contributed by atoms with Gasteiger partial charge in [0.1, 0.15) is 0 Å². The van der Waals surface area contributed by atoms with Crippen LogP contribution in [0.3, 0.4) is 0 Å². The fraction of sp³-hybridized carbons (Fsp3) is 0.545. The van der Waals surface area contributed by atoms with Crippen LogP contribution in [0.4, 0.5) is 0 Å². The lowest BCUT2D eigenvalue weighted by Gasteiger charge is -2.00. The molecule has 2 atom stereocenters. The van der Waals surface area contributed by atoms with Gasteiger partial charge in [0.25, 0.3) is 0 Å². The zero-order chi connectivity index (χ0) is 9.54. The molecule has 2 saturated carbocycles. The predicted molar refractivity (Wildman–Crippen MR) is 56.3 cm³/mol. The molecule has 0 bridgehead atoms. The molecule has 1 amide bonds. The summed E-state index contributed by atoms with van der Waals surface area (Å²) >= 11 is 1.77. The Hall–Kier alpha value is -0.830. The van der Waals surface area contributed by atoms with Crippen LogP contribution in [0.5, 0.6) is 0 Å². The maximum absolute atomic E-state index is 11.7. The normalized spacial score (nSPS) is 30.0. The van der Waals surface area contributed by atoms with Gasteiger partial charge in [-0.2, -0.15) is 0 Å². The third-order valence-electron chi connectivity index (χ3n) is 2.96. The fourth-order valence-corrected chi connectivity index (χ4v) is 2.74. The molecule has 2 nitrogen and oxygen atoms in total. The Morgan fingerprint density at radius 1 is 1.50 bits per heavy atom. The van der Waals surface area contributed by atoms with E-state index in [0.29, 0.717) is 12.0 Å². The number of hydrogen-bond donors (Lipinski definition) is 1. The number of nitrogens with one attached hydrogen (secondary N) is 1. The van der Waals surface area contributed by atoms with Crippen LogP contribution < -0.4 is 5.32 Å². The third kappa shape index (κ3) is 1.57. The Kier molecular flexibility index (Phi) is 1.87. The van der Waals surface area contributed by atoms with E-state index >= 15 is 0 Å². The average Bonchev–Trinajstić information content (AvgIpc) is 3.08. The summed E-state index contributed by atoms with van der Waals surface area (Å²) in [5.41, 5.74) is 0. The molecule has 1 N–H and O–H groups in total. The van der Waals surface area contributed by atoms with Crippen molar-refractivity contribution in [3.8, 4) is 0 Å². The van der Waals surface area contributed by atoms with E-state index in [1.165, 1.54) is 17.7 Å². The average molecular weight is 207 g/mol. The van der Waals surface area contributed by atoms with E-state index in [4.69, 9.17) is 0 Å². The molecule has 2 aliphatic carbocycles. The Morgan fingerprint density at radius 3 is 3.00 bits per heavy atom. The first-order valence-electron chi connectivity index (χ1n) is 5.18. The molecule has 2 unspecified atom stereocenters. The number of rotatable bonds is 3. The highest BCUT2D eigenvalue weighted by atomic mass is 32.1. The monoisotopic (exact) mass is 207 g/mol. The van der Waals surface area contributed by atoms with Gasteiger partial charge in [0.15, 0.2) is 0 Å². The van der Waals surface area contributed by atoms with Crippen molar-refractivity contribution in [2.45, 2.75) is 31.2 Å². The summed E-state index contributed by atoms with van der Waals surface area (Å²) < 4.78 is 0. The van der Waals surface area contributed by atoms with Crippen LogP contribution in [-0.4, -0.2) is 11.9 Å². The standard InChI is InChI=1S/C11H13NOS/c13-11(12-7-3-4-7)9-6-8(9)10-2-1-5-14-10/h1-2,5,7-9H,3-4,6H2,(H,12,13). The van der Waals surface area contributed by atoms with Crippen molar-refractivity contribution >= 4 is 17.2 Å². The van der Waals surface area contributed by atoms with Gasteiger partial charge in [-0.25, -0.2) is 0 Å². The second kappa shape index (κ2) is 3.09. The minimum absolute atomic E-state index is 0.272. The highest BCUT2D eigenvalue weighted by molar-refractivity contribution is 7.10. The molecule has 3 rings (SSSR count). The number of carbonyl (C=O) groups is 1. The first-order chi connectivity index (χ1) is 6.84. The number of thiophene rings is 1. The fourth-order valence-electron chi connectivity index (χ4n) is 1.84. The predicted octanol–water partition coefficient (Wildman–Crippen LogP) is 2.13. The van der Waals surface area contributed by atoms with Gasteiger partial charge >= 0.3 is 0 Å². The number of hydrogen-bond acceptors (Lipinski definition) is 2. The van der Waals surface area contributed by atoms with Crippen molar-refractivity contribution in [3.05, 3.63) is 22.4 Å². The topological polar surface area (TPSA) is 29.1 Å². The molecule has 1 heterocycles. The van der Waals surface area contributed by atoms with E-state index in [1.807, 2.05) is 0 Å². The Balaban J connectivity index is 1.59. The molecule has 2 fully saturated rings. The molecule has 0 saturated heterocycles. The first kappa shape index (κ1) is 8.48. The van der Waals surface area contributed by atoms with Crippen LogP contribution in [0, 0.1) is 5.92 Å². The van der Waals surface area contributed by atoms with E-state index < -0.39 is 0 Å². The Labute approximate surface area is 87.3 Å². The van der Waals surface area contributed by atoms with Crippen LogP contribution in [0.25, 0.3) is 0 Å². The van der Waals surface area contributed by atoms with E-state index in [9.17, 15) is 4.79 Å². The summed E-state index contributed by atoms with van der Waals surface area (Å²) in [6.45, 7) is 0. The van der Waals surface area contributed by atoms with Crippen LogP contribution in [0.15, 0.2) is 17.5 Å². The zero-order valence-corrected chi connectivity index (χ0v) is 8.72. The van der Waals surface area contributed by atoms with Gasteiger partial charge in [-0.3, -0.25) is 4.79 Å². The van der Waals surface area contributed by atoms with E-state index in [2.05, 4.69) is 22.8 Å². The van der Waals surface area contributed by atoms with Gasteiger partial charge in [-0.1, -0.05) is 6.07 Å². The van der Waals surface area contributed by atoms with Gasteiger partial charge in [-0.05, 0) is 30.7 Å². The molecular formula is C11H13NOS. The molecule has 14 heavy (non-hydrogen) atoms. The SMILES string of the molecule is O=C(NC1CC1)C1CC1c1cccs1. The van der Waals surface area contributed by atoms with Crippen molar-refractivity contribution < 1.29 is 4.79 Å². The second-order valence-electron chi connectivity index (χ2n) is 4.25. The summed E-state index contributed by atoms with van der Waals surface area (Å²) in [5, 5.41) is 5.16. The zero-order valence-electron chi connectivity index (χ0n) is 7.90. The summed E-state index contributed by atoms with van der Waals surface area (Å²) in [6, 6.07) is 4.71. The molecule has 1 aromatic rings. The van der Waals surface area contributed by atoms with Gasteiger partial charge < -0.3 is 5.32 Å². The molecule has 0 radical (unpaired) electrons. The lowest BCUT2D eigenvalue weighted by Crippen LogP contribution is -2.27. The lowest BCUT2D eigenvalue weighted by molar-refractivity contribution is -0.122. The minimum atomic E-state index is 0.272.